The first-order valence-corrected chi connectivity index (χ1v) is 9.59. The molecule has 6 nitrogen and oxygen atoms in total. The van der Waals surface area contributed by atoms with Gasteiger partial charge >= 0.3 is 0 Å². The van der Waals surface area contributed by atoms with Crippen LogP contribution in [-0.4, -0.2) is 58.3 Å². The first kappa shape index (κ1) is 20.0. The first-order chi connectivity index (χ1) is 13.6. The highest BCUT2D eigenvalue weighted by molar-refractivity contribution is 5.78. The van der Waals surface area contributed by atoms with Crippen molar-refractivity contribution in [1.29, 1.82) is 0 Å². The standard InChI is InChI=1S/C22H29N3O3/c1-24-10-12-25(13-11-24)19-7-4-17(5-8-19)16-23-22(26)15-18-6-9-20(27-2)21(14-18)28-3/h4-9,14H,10-13,15-16H2,1-3H3,(H,23,26). The van der Waals surface area contributed by atoms with E-state index < -0.39 is 0 Å². The quantitative estimate of drug-likeness (QED) is 0.795. The molecule has 1 heterocycles. The van der Waals surface area contributed by atoms with Crippen molar-refractivity contribution in [2.24, 2.45) is 0 Å². The van der Waals surface area contributed by atoms with Gasteiger partial charge in [0.25, 0.3) is 0 Å². The van der Waals surface area contributed by atoms with Gasteiger partial charge in [-0.3, -0.25) is 4.79 Å². The van der Waals surface area contributed by atoms with E-state index in [1.807, 2.05) is 18.2 Å². The molecule has 1 saturated heterocycles. The second-order valence-electron chi connectivity index (χ2n) is 7.10. The molecule has 0 aromatic heterocycles. The number of rotatable bonds is 7. The normalized spacial score (nSPS) is 14.6. The van der Waals surface area contributed by atoms with Gasteiger partial charge in [0.2, 0.25) is 5.91 Å². The molecule has 6 heteroatoms. The van der Waals surface area contributed by atoms with Gasteiger partial charge in [-0.05, 0) is 42.4 Å². The Balaban J connectivity index is 1.50. The van der Waals surface area contributed by atoms with Gasteiger partial charge in [0.05, 0.1) is 20.6 Å². The van der Waals surface area contributed by atoms with E-state index in [1.165, 1.54) is 5.69 Å². The Bertz CT molecular complexity index is 784. The molecule has 1 amide bonds. The Labute approximate surface area is 167 Å². The van der Waals surface area contributed by atoms with E-state index in [-0.39, 0.29) is 5.91 Å². The summed E-state index contributed by atoms with van der Waals surface area (Å²) in [7, 11) is 5.35. The highest BCUT2D eigenvalue weighted by Gasteiger charge is 2.14. The van der Waals surface area contributed by atoms with Gasteiger partial charge in [-0.1, -0.05) is 18.2 Å². The van der Waals surface area contributed by atoms with E-state index in [1.54, 1.807) is 14.2 Å². The monoisotopic (exact) mass is 383 g/mol. The van der Waals surface area contributed by atoms with E-state index in [0.717, 1.165) is 37.3 Å². The summed E-state index contributed by atoms with van der Waals surface area (Å²) in [5.74, 6) is 1.27. The number of amides is 1. The molecular weight excluding hydrogens is 354 g/mol. The number of nitrogens with one attached hydrogen (secondary N) is 1. The second-order valence-corrected chi connectivity index (χ2v) is 7.10. The van der Waals surface area contributed by atoms with Crippen molar-refractivity contribution >= 4 is 11.6 Å². The van der Waals surface area contributed by atoms with Crippen molar-refractivity contribution in [2.45, 2.75) is 13.0 Å². The Morgan fingerprint density at radius 1 is 0.929 bits per heavy atom. The molecule has 0 atom stereocenters. The fourth-order valence-electron chi connectivity index (χ4n) is 3.33. The summed E-state index contributed by atoms with van der Waals surface area (Å²) >= 11 is 0. The highest BCUT2D eigenvalue weighted by Crippen LogP contribution is 2.27. The zero-order valence-electron chi connectivity index (χ0n) is 16.9. The van der Waals surface area contributed by atoms with Gasteiger partial charge in [0, 0.05) is 38.4 Å². The summed E-state index contributed by atoms with van der Waals surface area (Å²) in [6.07, 6.45) is 0.305. The molecule has 1 fully saturated rings. The second kappa shape index (κ2) is 9.46. The Morgan fingerprint density at radius 2 is 1.57 bits per heavy atom. The van der Waals surface area contributed by atoms with Crippen LogP contribution < -0.4 is 19.7 Å². The number of hydrogen-bond donors (Lipinski definition) is 1. The van der Waals surface area contributed by atoms with Crippen molar-refractivity contribution in [2.75, 3.05) is 52.3 Å². The maximum atomic E-state index is 12.3. The summed E-state index contributed by atoms with van der Waals surface area (Å²) in [6, 6.07) is 14.0. The summed E-state index contributed by atoms with van der Waals surface area (Å²) in [6.45, 7) is 4.81. The molecule has 150 valence electrons. The van der Waals surface area contributed by atoms with Crippen molar-refractivity contribution in [1.82, 2.24) is 10.2 Å². The van der Waals surface area contributed by atoms with Crippen LogP contribution >= 0.6 is 0 Å². The molecule has 0 saturated carbocycles. The fraction of sp³-hybridized carbons (Fsp3) is 0.409. The van der Waals surface area contributed by atoms with Crippen LogP contribution in [0.15, 0.2) is 42.5 Å². The molecule has 28 heavy (non-hydrogen) atoms. The lowest BCUT2D eigenvalue weighted by Crippen LogP contribution is -2.44. The number of nitrogens with zero attached hydrogens (tertiary/aromatic N) is 2. The molecule has 1 N–H and O–H groups in total. The molecule has 0 radical (unpaired) electrons. The van der Waals surface area contributed by atoms with E-state index in [9.17, 15) is 4.79 Å². The lowest BCUT2D eigenvalue weighted by molar-refractivity contribution is -0.120. The molecule has 0 bridgehead atoms. The van der Waals surface area contributed by atoms with E-state index in [2.05, 4.69) is 46.4 Å². The predicted molar refractivity (Wildman–Crippen MR) is 111 cm³/mol. The maximum absolute atomic E-state index is 12.3. The van der Waals surface area contributed by atoms with E-state index in [0.29, 0.717) is 24.5 Å². The SMILES string of the molecule is COc1ccc(CC(=O)NCc2ccc(N3CCN(C)CC3)cc2)cc1OC. The number of carbonyl (C=O) groups is 1. The molecule has 1 aliphatic rings. The van der Waals surface area contributed by atoms with Crippen molar-refractivity contribution in [3.63, 3.8) is 0 Å². The van der Waals surface area contributed by atoms with E-state index >= 15 is 0 Å². The molecule has 2 aromatic rings. The summed E-state index contributed by atoms with van der Waals surface area (Å²) in [5, 5.41) is 2.99. The maximum Gasteiger partial charge on any atom is 0.224 e. The number of hydrogen-bond acceptors (Lipinski definition) is 5. The summed E-state index contributed by atoms with van der Waals surface area (Å²) < 4.78 is 10.5. The lowest BCUT2D eigenvalue weighted by Gasteiger charge is -2.34. The number of anilines is 1. The average molecular weight is 383 g/mol. The Hall–Kier alpha value is -2.73. The number of carbonyl (C=O) groups excluding carboxylic acids is 1. The minimum atomic E-state index is -0.0182. The fourth-order valence-corrected chi connectivity index (χ4v) is 3.33. The Kier molecular flexibility index (Phi) is 6.76. The summed E-state index contributed by atoms with van der Waals surface area (Å²) in [5.41, 5.74) is 3.23. The van der Waals surface area contributed by atoms with Crippen LogP contribution in [-0.2, 0) is 17.8 Å². The van der Waals surface area contributed by atoms with Crippen molar-refractivity contribution in [3.05, 3.63) is 53.6 Å². The van der Waals surface area contributed by atoms with Gasteiger partial charge < -0.3 is 24.6 Å². The third-order valence-corrected chi connectivity index (χ3v) is 5.11. The van der Waals surface area contributed by atoms with Gasteiger partial charge in [-0.25, -0.2) is 0 Å². The van der Waals surface area contributed by atoms with Gasteiger partial charge in [0.1, 0.15) is 0 Å². The number of piperazine rings is 1. The van der Waals surface area contributed by atoms with Crippen LogP contribution in [0.4, 0.5) is 5.69 Å². The third kappa shape index (κ3) is 5.16. The number of likely N-dealkylation sites (N-methyl/N-ethyl adjacent to an activating group) is 1. The lowest BCUT2D eigenvalue weighted by atomic mass is 10.1. The highest BCUT2D eigenvalue weighted by atomic mass is 16.5. The molecular formula is C22H29N3O3. The zero-order chi connectivity index (χ0) is 19.9. The summed E-state index contributed by atoms with van der Waals surface area (Å²) in [4.78, 5) is 17.0. The minimum absolute atomic E-state index is 0.0182. The first-order valence-electron chi connectivity index (χ1n) is 9.59. The largest absolute Gasteiger partial charge is 0.493 e. The van der Waals surface area contributed by atoms with Crippen molar-refractivity contribution in [3.8, 4) is 11.5 Å². The molecule has 1 aliphatic heterocycles. The zero-order valence-corrected chi connectivity index (χ0v) is 16.9. The van der Waals surface area contributed by atoms with Crippen LogP contribution in [0.25, 0.3) is 0 Å². The number of methoxy groups -OCH3 is 2. The molecule has 3 rings (SSSR count). The molecule has 0 unspecified atom stereocenters. The van der Waals surface area contributed by atoms with Gasteiger partial charge in [-0.15, -0.1) is 0 Å². The van der Waals surface area contributed by atoms with Gasteiger partial charge in [-0.2, -0.15) is 0 Å². The smallest absolute Gasteiger partial charge is 0.224 e. The molecule has 2 aromatic carbocycles. The van der Waals surface area contributed by atoms with Crippen LogP contribution in [0.1, 0.15) is 11.1 Å². The number of benzene rings is 2. The minimum Gasteiger partial charge on any atom is -0.493 e. The van der Waals surface area contributed by atoms with Gasteiger partial charge in [0.15, 0.2) is 11.5 Å². The van der Waals surface area contributed by atoms with Crippen LogP contribution in [0.5, 0.6) is 11.5 Å². The van der Waals surface area contributed by atoms with Crippen molar-refractivity contribution < 1.29 is 14.3 Å². The predicted octanol–water partition coefficient (Wildman–Crippen LogP) is 2.31. The average Bonchev–Trinajstić information content (AvgIpc) is 2.73. The van der Waals surface area contributed by atoms with Crippen LogP contribution in [0.2, 0.25) is 0 Å². The van der Waals surface area contributed by atoms with E-state index in [4.69, 9.17) is 9.47 Å². The third-order valence-electron chi connectivity index (χ3n) is 5.11. The Morgan fingerprint density at radius 3 is 2.21 bits per heavy atom. The van der Waals surface area contributed by atoms with Crippen LogP contribution in [0.3, 0.4) is 0 Å². The molecule has 0 spiro atoms. The topological polar surface area (TPSA) is 54.0 Å². The molecule has 0 aliphatic carbocycles. The van der Waals surface area contributed by atoms with Crippen LogP contribution in [0, 0.1) is 0 Å². The number of ether oxygens (including phenoxy) is 2.